The molecule has 0 spiro atoms. The fraction of sp³-hybridized carbons (Fsp3) is 0.304. The number of aromatic nitrogens is 2. The Morgan fingerprint density at radius 2 is 2.00 bits per heavy atom. The standard InChI is InChI=1S/C23H25ClN4O2S/c1-14-12-17(15(2)26-14)22-21(19-6-4-5-9-25-19)27-23(31)28(22)16-7-8-20(18(24)13-16)30-11-10-29-3/h4-9,12-13,21-22,26H,10-11H2,1-3H3,(H,27,31)/t21-,22-/m1/s1. The van der Waals surface area contributed by atoms with Crippen molar-refractivity contribution in [1.29, 1.82) is 0 Å². The number of nitrogens with one attached hydrogen (secondary N) is 2. The van der Waals surface area contributed by atoms with E-state index in [-0.39, 0.29) is 12.1 Å². The number of thiocarbonyl (C=S) groups is 1. The molecule has 0 saturated carbocycles. The van der Waals surface area contributed by atoms with Crippen molar-refractivity contribution >= 4 is 34.6 Å². The molecule has 2 aromatic heterocycles. The second-order valence-corrected chi connectivity index (χ2v) is 8.28. The number of aromatic amines is 1. The highest BCUT2D eigenvalue weighted by Gasteiger charge is 2.41. The summed E-state index contributed by atoms with van der Waals surface area (Å²) >= 11 is 12.3. The fourth-order valence-electron chi connectivity index (χ4n) is 3.99. The third-order valence-corrected chi connectivity index (χ3v) is 5.96. The zero-order chi connectivity index (χ0) is 22.0. The Kier molecular flexibility index (Phi) is 6.46. The van der Waals surface area contributed by atoms with Crippen molar-refractivity contribution in [3.05, 3.63) is 76.3 Å². The van der Waals surface area contributed by atoms with Crippen molar-refractivity contribution < 1.29 is 9.47 Å². The van der Waals surface area contributed by atoms with Crippen LogP contribution in [0.1, 0.15) is 34.7 Å². The summed E-state index contributed by atoms with van der Waals surface area (Å²) in [5.41, 5.74) is 5.19. The molecule has 2 N–H and O–H groups in total. The molecule has 0 bridgehead atoms. The first-order chi connectivity index (χ1) is 15.0. The van der Waals surface area contributed by atoms with Crippen molar-refractivity contribution in [2.75, 3.05) is 25.2 Å². The normalized spacial score (nSPS) is 18.3. The van der Waals surface area contributed by atoms with Crippen molar-refractivity contribution in [2.24, 2.45) is 0 Å². The number of hydrogen-bond donors (Lipinski definition) is 2. The van der Waals surface area contributed by atoms with Gasteiger partial charge in [-0.15, -0.1) is 0 Å². The molecule has 3 aromatic rings. The van der Waals surface area contributed by atoms with E-state index in [1.807, 2.05) is 36.4 Å². The molecule has 1 aliphatic rings. The van der Waals surface area contributed by atoms with Crippen LogP contribution in [0.3, 0.4) is 0 Å². The highest BCUT2D eigenvalue weighted by Crippen LogP contribution is 2.44. The maximum absolute atomic E-state index is 6.54. The number of hydrogen-bond acceptors (Lipinski definition) is 4. The first-order valence-electron chi connectivity index (χ1n) is 10.1. The lowest BCUT2D eigenvalue weighted by molar-refractivity contribution is 0.146. The van der Waals surface area contributed by atoms with Gasteiger partial charge in [0.2, 0.25) is 0 Å². The van der Waals surface area contributed by atoms with E-state index < -0.39 is 0 Å². The molecule has 8 heteroatoms. The quantitative estimate of drug-likeness (QED) is 0.390. The van der Waals surface area contributed by atoms with Crippen LogP contribution in [0.15, 0.2) is 48.7 Å². The summed E-state index contributed by atoms with van der Waals surface area (Å²) < 4.78 is 10.7. The van der Waals surface area contributed by atoms with Crippen molar-refractivity contribution in [2.45, 2.75) is 25.9 Å². The van der Waals surface area contributed by atoms with Crippen LogP contribution < -0.4 is 15.0 Å². The SMILES string of the molecule is COCCOc1ccc(N2C(=S)N[C@H](c3ccccn3)[C@H]2c2cc(C)[nH]c2C)cc1Cl. The van der Waals surface area contributed by atoms with Gasteiger partial charge in [0.1, 0.15) is 12.4 Å². The molecule has 0 amide bonds. The molecular formula is C23H25ClN4O2S. The van der Waals surface area contributed by atoms with E-state index in [1.165, 1.54) is 0 Å². The number of halogens is 1. The monoisotopic (exact) mass is 456 g/mol. The van der Waals surface area contributed by atoms with E-state index in [1.54, 1.807) is 13.3 Å². The number of benzene rings is 1. The Labute approximate surface area is 192 Å². The molecule has 1 fully saturated rings. The van der Waals surface area contributed by atoms with Crippen molar-refractivity contribution in [1.82, 2.24) is 15.3 Å². The summed E-state index contributed by atoms with van der Waals surface area (Å²) in [7, 11) is 1.64. The fourth-order valence-corrected chi connectivity index (χ4v) is 4.57. The van der Waals surface area contributed by atoms with Gasteiger partial charge in [0.05, 0.1) is 29.4 Å². The zero-order valence-electron chi connectivity index (χ0n) is 17.7. The van der Waals surface area contributed by atoms with Gasteiger partial charge in [-0.25, -0.2) is 0 Å². The van der Waals surface area contributed by atoms with Gasteiger partial charge in [-0.1, -0.05) is 17.7 Å². The molecule has 6 nitrogen and oxygen atoms in total. The van der Waals surface area contributed by atoms with Gasteiger partial charge in [0.15, 0.2) is 5.11 Å². The van der Waals surface area contributed by atoms with E-state index in [4.69, 9.17) is 33.3 Å². The van der Waals surface area contributed by atoms with Crippen molar-refractivity contribution in [3.8, 4) is 5.75 Å². The highest BCUT2D eigenvalue weighted by atomic mass is 35.5. The molecule has 1 aliphatic heterocycles. The van der Waals surface area contributed by atoms with E-state index in [9.17, 15) is 0 Å². The molecule has 4 rings (SSSR count). The topological polar surface area (TPSA) is 62.4 Å². The van der Waals surface area contributed by atoms with E-state index in [0.29, 0.717) is 29.1 Å². The van der Waals surface area contributed by atoms with E-state index in [0.717, 1.165) is 28.3 Å². The molecular weight excluding hydrogens is 432 g/mol. The predicted octanol–water partition coefficient (Wildman–Crippen LogP) is 4.88. The average Bonchev–Trinajstić information content (AvgIpc) is 3.27. The molecule has 0 radical (unpaired) electrons. The third kappa shape index (κ3) is 4.39. The summed E-state index contributed by atoms with van der Waals surface area (Å²) in [6, 6.07) is 13.7. The number of pyridine rings is 1. The lowest BCUT2D eigenvalue weighted by Gasteiger charge is -2.28. The van der Waals surface area contributed by atoms with Crippen LogP contribution in [-0.2, 0) is 4.74 Å². The van der Waals surface area contributed by atoms with Gasteiger partial charge in [-0.05, 0) is 68.0 Å². The number of aryl methyl sites for hydroxylation is 2. The third-order valence-electron chi connectivity index (χ3n) is 5.35. The number of rotatable bonds is 7. The maximum atomic E-state index is 6.54. The van der Waals surface area contributed by atoms with Crippen LogP contribution in [0.4, 0.5) is 5.69 Å². The highest BCUT2D eigenvalue weighted by molar-refractivity contribution is 7.80. The number of nitrogens with zero attached hydrogens (tertiary/aromatic N) is 2. The lowest BCUT2D eigenvalue weighted by Crippen LogP contribution is -2.29. The Hall–Kier alpha value is -2.61. The van der Waals surface area contributed by atoms with Crippen molar-refractivity contribution in [3.63, 3.8) is 0 Å². The molecule has 0 unspecified atom stereocenters. The second kappa shape index (κ2) is 9.26. The van der Waals surface area contributed by atoms with Gasteiger partial charge in [0, 0.05) is 30.4 Å². The number of anilines is 1. The largest absolute Gasteiger partial charge is 0.490 e. The smallest absolute Gasteiger partial charge is 0.174 e. The number of ether oxygens (including phenoxy) is 2. The van der Waals surface area contributed by atoms with Gasteiger partial charge in [-0.2, -0.15) is 0 Å². The lowest BCUT2D eigenvalue weighted by atomic mass is 9.96. The number of H-pyrrole nitrogens is 1. The van der Waals surface area contributed by atoms with Crippen LogP contribution in [0.25, 0.3) is 0 Å². The molecule has 31 heavy (non-hydrogen) atoms. The minimum absolute atomic E-state index is 0.0799. The average molecular weight is 457 g/mol. The minimum atomic E-state index is -0.0981. The first-order valence-corrected chi connectivity index (χ1v) is 10.9. The van der Waals surface area contributed by atoms with Gasteiger partial charge < -0.3 is 24.7 Å². The first kappa shape index (κ1) is 21.6. The Morgan fingerprint density at radius 3 is 2.65 bits per heavy atom. The predicted molar refractivity (Wildman–Crippen MR) is 127 cm³/mol. The van der Waals surface area contributed by atoms with Crippen LogP contribution >= 0.6 is 23.8 Å². The van der Waals surface area contributed by atoms with Crippen LogP contribution in [0.5, 0.6) is 5.75 Å². The van der Waals surface area contributed by atoms with Crippen LogP contribution in [0.2, 0.25) is 5.02 Å². The van der Waals surface area contributed by atoms with Gasteiger partial charge in [0.25, 0.3) is 0 Å². The molecule has 162 valence electrons. The molecule has 1 saturated heterocycles. The van der Waals surface area contributed by atoms with Crippen LogP contribution in [-0.4, -0.2) is 35.4 Å². The molecule has 3 heterocycles. The molecule has 2 atom stereocenters. The second-order valence-electron chi connectivity index (χ2n) is 7.49. The Bertz CT molecular complexity index is 1070. The van der Waals surface area contributed by atoms with Crippen LogP contribution in [0, 0.1) is 13.8 Å². The minimum Gasteiger partial charge on any atom is -0.490 e. The Morgan fingerprint density at radius 1 is 1.16 bits per heavy atom. The summed E-state index contributed by atoms with van der Waals surface area (Å²) in [4.78, 5) is 10.1. The van der Waals surface area contributed by atoms with E-state index >= 15 is 0 Å². The Balaban J connectivity index is 1.74. The summed E-state index contributed by atoms with van der Waals surface area (Å²) in [5.74, 6) is 0.618. The summed E-state index contributed by atoms with van der Waals surface area (Å²) in [6.07, 6.45) is 1.80. The summed E-state index contributed by atoms with van der Waals surface area (Å²) in [5, 5.41) is 4.62. The van der Waals surface area contributed by atoms with Gasteiger partial charge in [-0.3, -0.25) is 4.98 Å². The van der Waals surface area contributed by atoms with Gasteiger partial charge >= 0.3 is 0 Å². The maximum Gasteiger partial charge on any atom is 0.174 e. The molecule has 1 aromatic carbocycles. The molecule has 0 aliphatic carbocycles. The number of methoxy groups -OCH3 is 1. The summed E-state index contributed by atoms with van der Waals surface area (Å²) in [6.45, 7) is 5.07. The zero-order valence-corrected chi connectivity index (χ0v) is 19.3. The van der Waals surface area contributed by atoms with E-state index in [2.05, 4.69) is 40.1 Å².